The third-order valence-corrected chi connectivity index (χ3v) is 6.99. The minimum Gasteiger partial charge on any atom is -0.391 e. The summed E-state index contributed by atoms with van der Waals surface area (Å²) in [6, 6.07) is 0. The van der Waals surface area contributed by atoms with Crippen LogP contribution in [0.3, 0.4) is 0 Å². The Morgan fingerprint density at radius 2 is 2.00 bits per heavy atom. The molecular formula is C22H33F5N6O2. The van der Waals surface area contributed by atoms with Gasteiger partial charge in [0.2, 0.25) is 11.7 Å². The second-order valence-electron chi connectivity index (χ2n) is 9.54. The molecule has 1 amide bonds. The van der Waals surface area contributed by atoms with Crippen molar-refractivity contribution in [3.8, 4) is 0 Å². The van der Waals surface area contributed by atoms with Gasteiger partial charge in [0, 0.05) is 25.6 Å². The number of nitrogens with zero attached hydrogens (tertiary/aromatic N) is 4. The van der Waals surface area contributed by atoms with E-state index in [0.717, 1.165) is 6.33 Å². The molecule has 2 aliphatic rings. The van der Waals surface area contributed by atoms with Crippen molar-refractivity contribution in [2.75, 3.05) is 49.5 Å². The number of nitrogens with two attached hydrogens (primary N) is 1. The number of nitrogens with one attached hydrogen (secondary N) is 1. The minimum absolute atomic E-state index is 0.0564. The van der Waals surface area contributed by atoms with Crippen LogP contribution in [0.15, 0.2) is 6.33 Å². The number of hydrogen-bond acceptors (Lipinski definition) is 7. The van der Waals surface area contributed by atoms with Gasteiger partial charge in [-0.25, -0.2) is 14.4 Å². The molecule has 1 aliphatic carbocycles. The standard InChI is InChI=1S/C22H33F5N6O2/c1-2-33(12-21(24)6-3-15(4-7-21)22(25,26)27)20-18(23)19(30-13-31-20)29-9-14-5-8-32(10-16(14)34)11-17(28)35/h13-16,34H,2-12H2,1H3,(H2,28,35)(H,29,30,31)/t14?,15?,16-,21?/m0/s1. The van der Waals surface area contributed by atoms with Gasteiger partial charge in [0.1, 0.15) is 12.0 Å². The maximum atomic E-state index is 15.4. The van der Waals surface area contributed by atoms with E-state index in [1.54, 1.807) is 11.8 Å². The molecule has 0 aromatic carbocycles. The number of aliphatic hydroxyl groups is 1. The quantitative estimate of drug-likeness (QED) is 0.440. The lowest BCUT2D eigenvalue weighted by Crippen LogP contribution is -2.48. The number of amides is 1. The Kier molecular flexibility index (Phi) is 8.73. The van der Waals surface area contributed by atoms with E-state index < -0.39 is 35.6 Å². The van der Waals surface area contributed by atoms with Gasteiger partial charge in [-0.15, -0.1) is 0 Å². The van der Waals surface area contributed by atoms with Crippen LogP contribution in [0.25, 0.3) is 0 Å². The van der Waals surface area contributed by atoms with Crippen molar-refractivity contribution in [2.24, 2.45) is 17.6 Å². The number of halogens is 5. The lowest BCUT2D eigenvalue weighted by Gasteiger charge is -2.38. The third kappa shape index (κ3) is 7.12. The third-order valence-electron chi connectivity index (χ3n) is 6.99. The zero-order valence-corrected chi connectivity index (χ0v) is 19.7. The summed E-state index contributed by atoms with van der Waals surface area (Å²) >= 11 is 0. The lowest BCUT2D eigenvalue weighted by molar-refractivity contribution is -0.187. The molecule has 1 unspecified atom stereocenters. The van der Waals surface area contributed by atoms with Gasteiger partial charge in [0.25, 0.3) is 0 Å². The summed E-state index contributed by atoms with van der Waals surface area (Å²) in [6.07, 6.45) is -4.47. The molecule has 1 aromatic heterocycles. The maximum absolute atomic E-state index is 15.4. The van der Waals surface area contributed by atoms with E-state index in [1.165, 1.54) is 4.90 Å². The summed E-state index contributed by atoms with van der Waals surface area (Å²) in [5.74, 6) is -3.22. The van der Waals surface area contributed by atoms with Gasteiger partial charge in [0.05, 0.1) is 25.1 Å². The van der Waals surface area contributed by atoms with Gasteiger partial charge < -0.3 is 21.1 Å². The zero-order chi connectivity index (χ0) is 25.8. The first-order valence-electron chi connectivity index (χ1n) is 11.9. The number of aliphatic hydroxyl groups excluding tert-OH is 1. The first kappa shape index (κ1) is 27.3. The van der Waals surface area contributed by atoms with Crippen molar-refractivity contribution in [2.45, 2.75) is 57.0 Å². The van der Waals surface area contributed by atoms with Gasteiger partial charge in [-0.05, 0) is 45.6 Å². The number of rotatable bonds is 9. The number of β-amino-alcohol motifs (C(OH)–C–C–N with tert-alkyl or cyclic N) is 1. The van der Waals surface area contributed by atoms with E-state index >= 15 is 8.78 Å². The molecule has 1 saturated carbocycles. The Balaban J connectivity index is 1.61. The topological polar surface area (TPSA) is 108 Å². The van der Waals surface area contributed by atoms with Gasteiger partial charge in [0.15, 0.2) is 11.6 Å². The van der Waals surface area contributed by atoms with Crippen LogP contribution >= 0.6 is 0 Å². The minimum atomic E-state index is -4.34. The van der Waals surface area contributed by atoms with Crippen LogP contribution < -0.4 is 16.0 Å². The lowest BCUT2D eigenvalue weighted by atomic mass is 9.79. The molecule has 1 aliphatic heterocycles. The maximum Gasteiger partial charge on any atom is 0.391 e. The van der Waals surface area contributed by atoms with E-state index in [2.05, 4.69) is 15.3 Å². The van der Waals surface area contributed by atoms with E-state index in [1.807, 2.05) is 0 Å². The second-order valence-corrected chi connectivity index (χ2v) is 9.54. The van der Waals surface area contributed by atoms with Crippen LogP contribution in [0.4, 0.5) is 33.6 Å². The Morgan fingerprint density at radius 1 is 1.31 bits per heavy atom. The van der Waals surface area contributed by atoms with Crippen molar-refractivity contribution in [1.82, 2.24) is 14.9 Å². The summed E-state index contributed by atoms with van der Waals surface area (Å²) in [7, 11) is 0. The SMILES string of the molecule is CCN(CC1(F)CCC(C(F)(F)F)CC1)c1ncnc(NCC2CCN(CC(N)=O)C[C@@H]2O)c1F. The first-order valence-corrected chi connectivity index (χ1v) is 11.9. The average Bonchev–Trinajstić information content (AvgIpc) is 2.77. The first-order chi connectivity index (χ1) is 16.4. The molecule has 1 aromatic rings. The average molecular weight is 509 g/mol. The summed E-state index contributed by atoms with van der Waals surface area (Å²) < 4.78 is 69.4. The number of likely N-dealkylation sites (tertiary alicyclic amines) is 1. The van der Waals surface area contributed by atoms with Gasteiger partial charge in [-0.3, -0.25) is 9.69 Å². The van der Waals surface area contributed by atoms with Crippen LogP contribution in [0.1, 0.15) is 39.0 Å². The molecule has 13 heteroatoms. The van der Waals surface area contributed by atoms with Crippen LogP contribution in [0.5, 0.6) is 0 Å². The highest BCUT2D eigenvalue weighted by Crippen LogP contribution is 2.43. The van der Waals surface area contributed by atoms with Gasteiger partial charge in [-0.2, -0.15) is 17.6 Å². The van der Waals surface area contributed by atoms with E-state index in [0.29, 0.717) is 13.0 Å². The highest BCUT2D eigenvalue weighted by Gasteiger charge is 2.46. The van der Waals surface area contributed by atoms with Crippen molar-refractivity contribution >= 4 is 17.5 Å². The molecule has 0 radical (unpaired) electrons. The Hall–Kier alpha value is -2.28. The Labute approximate surface area is 201 Å². The number of anilines is 2. The molecular weight excluding hydrogens is 475 g/mol. The van der Waals surface area contributed by atoms with Crippen molar-refractivity contribution in [3.63, 3.8) is 0 Å². The van der Waals surface area contributed by atoms with Crippen molar-refractivity contribution in [3.05, 3.63) is 12.1 Å². The summed E-state index contributed by atoms with van der Waals surface area (Å²) in [5, 5.41) is 13.3. The number of alkyl halides is 4. The fourth-order valence-electron chi connectivity index (χ4n) is 4.88. The molecule has 2 heterocycles. The zero-order valence-electron chi connectivity index (χ0n) is 19.7. The molecule has 0 bridgehead atoms. The fourth-order valence-corrected chi connectivity index (χ4v) is 4.88. The number of carbonyl (C=O) groups is 1. The summed E-state index contributed by atoms with van der Waals surface area (Å²) in [4.78, 5) is 22.1. The van der Waals surface area contributed by atoms with Gasteiger partial charge in [-0.1, -0.05) is 0 Å². The Bertz CT molecular complexity index is 865. The summed E-state index contributed by atoms with van der Waals surface area (Å²) in [5.41, 5.74) is 3.32. The number of piperidine rings is 1. The molecule has 2 fully saturated rings. The monoisotopic (exact) mass is 508 g/mol. The molecule has 1 saturated heterocycles. The number of aromatic nitrogens is 2. The number of hydrogen-bond donors (Lipinski definition) is 3. The molecule has 3 rings (SSSR count). The summed E-state index contributed by atoms with van der Waals surface area (Å²) in [6.45, 7) is 2.73. The van der Waals surface area contributed by atoms with Crippen LogP contribution in [0, 0.1) is 17.7 Å². The number of carbonyl (C=O) groups excluding carboxylic acids is 1. The largest absolute Gasteiger partial charge is 0.391 e. The molecule has 8 nitrogen and oxygen atoms in total. The van der Waals surface area contributed by atoms with Crippen molar-refractivity contribution < 1.29 is 31.9 Å². The van der Waals surface area contributed by atoms with E-state index in [4.69, 9.17) is 5.73 Å². The van der Waals surface area contributed by atoms with Crippen LogP contribution in [0.2, 0.25) is 0 Å². The molecule has 198 valence electrons. The molecule has 0 spiro atoms. The second kappa shape index (κ2) is 11.2. The Morgan fingerprint density at radius 3 is 2.57 bits per heavy atom. The van der Waals surface area contributed by atoms with E-state index in [-0.39, 0.29) is 76.0 Å². The molecule has 4 N–H and O–H groups in total. The predicted molar refractivity (Wildman–Crippen MR) is 120 cm³/mol. The van der Waals surface area contributed by atoms with Crippen molar-refractivity contribution in [1.29, 1.82) is 0 Å². The smallest absolute Gasteiger partial charge is 0.391 e. The van der Waals surface area contributed by atoms with Crippen LogP contribution in [-0.2, 0) is 4.79 Å². The van der Waals surface area contributed by atoms with Gasteiger partial charge >= 0.3 is 6.18 Å². The highest BCUT2D eigenvalue weighted by atomic mass is 19.4. The van der Waals surface area contributed by atoms with Crippen LogP contribution in [-0.4, -0.2) is 83.1 Å². The molecule has 2 atom stereocenters. The number of primary amides is 1. The normalized spacial score (nSPS) is 28.0. The molecule has 35 heavy (non-hydrogen) atoms. The fraction of sp³-hybridized carbons (Fsp3) is 0.773. The van der Waals surface area contributed by atoms with E-state index in [9.17, 15) is 23.1 Å². The highest BCUT2D eigenvalue weighted by molar-refractivity contribution is 5.75. The predicted octanol–water partition coefficient (Wildman–Crippen LogP) is 2.48.